The maximum absolute atomic E-state index is 12.3. The van der Waals surface area contributed by atoms with Gasteiger partial charge >= 0.3 is 5.97 Å². The van der Waals surface area contributed by atoms with Crippen molar-refractivity contribution in [3.8, 4) is 0 Å². The summed E-state index contributed by atoms with van der Waals surface area (Å²) in [5.74, 6) is -0.932. The van der Waals surface area contributed by atoms with Crippen molar-refractivity contribution in [2.75, 3.05) is 6.54 Å². The molecule has 0 aromatic carbocycles. The Morgan fingerprint density at radius 3 is 2.06 bits per heavy atom. The number of carbonyl (C=O) groups is 2. The van der Waals surface area contributed by atoms with Crippen molar-refractivity contribution < 1.29 is 14.7 Å². The zero-order chi connectivity index (χ0) is 14.4. The molecular weight excluding hydrogens is 232 g/mol. The summed E-state index contributed by atoms with van der Waals surface area (Å²) in [6.07, 6.45) is 1.81. The molecule has 0 fully saturated rings. The third-order valence-corrected chi connectivity index (χ3v) is 3.64. The van der Waals surface area contributed by atoms with Crippen LogP contribution in [0.15, 0.2) is 0 Å². The van der Waals surface area contributed by atoms with E-state index in [4.69, 9.17) is 10.8 Å². The summed E-state index contributed by atoms with van der Waals surface area (Å²) >= 11 is 0. The molecule has 0 aliphatic rings. The Hall–Kier alpha value is -1.10. The molecule has 0 aromatic rings. The second kappa shape index (κ2) is 6.73. The highest BCUT2D eigenvalue weighted by atomic mass is 16.4. The monoisotopic (exact) mass is 258 g/mol. The minimum absolute atomic E-state index is 0.0428. The standard InChI is InChI=1S/C13H26N2O3/c1-5-13(6-2,9-14)11(18)15-12(3,4)8-7-10(16)17/h5-9,14H2,1-4H3,(H,15,18)(H,16,17). The van der Waals surface area contributed by atoms with E-state index >= 15 is 0 Å². The fourth-order valence-electron chi connectivity index (χ4n) is 1.87. The van der Waals surface area contributed by atoms with Gasteiger partial charge in [0.25, 0.3) is 0 Å². The molecule has 0 radical (unpaired) electrons. The zero-order valence-corrected chi connectivity index (χ0v) is 11.9. The van der Waals surface area contributed by atoms with Crippen LogP contribution in [-0.2, 0) is 9.59 Å². The number of carboxylic acid groups (broad SMARTS) is 1. The maximum Gasteiger partial charge on any atom is 0.303 e. The zero-order valence-electron chi connectivity index (χ0n) is 11.9. The second-order valence-electron chi connectivity index (χ2n) is 5.42. The minimum atomic E-state index is -0.853. The lowest BCUT2D eigenvalue weighted by Gasteiger charge is -2.34. The Morgan fingerprint density at radius 2 is 1.72 bits per heavy atom. The summed E-state index contributed by atoms with van der Waals surface area (Å²) in [5.41, 5.74) is 4.65. The van der Waals surface area contributed by atoms with Crippen LogP contribution in [0.3, 0.4) is 0 Å². The highest BCUT2D eigenvalue weighted by molar-refractivity contribution is 5.83. The first-order valence-electron chi connectivity index (χ1n) is 6.47. The van der Waals surface area contributed by atoms with Gasteiger partial charge in [0.15, 0.2) is 0 Å². The predicted octanol–water partition coefficient (Wildman–Crippen LogP) is 1.51. The molecule has 4 N–H and O–H groups in total. The maximum atomic E-state index is 12.3. The first-order chi connectivity index (χ1) is 8.23. The number of hydrogen-bond acceptors (Lipinski definition) is 3. The number of amides is 1. The van der Waals surface area contributed by atoms with Gasteiger partial charge in [-0.2, -0.15) is 0 Å². The average Bonchev–Trinajstić information content (AvgIpc) is 2.29. The average molecular weight is 258 g/mol. The number of nitrogens with one attached hydrogen (secondary N) is 1. The fraction of sp³-hybridized carbons (Fsp3) is 0.846. The van der Waals surface area contributed by atoms with Crippen LogP contribution in [0.4, 0.5) is 0 Å². The first kappa shape index (κ1) is 16.9. The van der Waals surface area contributed by atoms with Crippen molar-refractivity contribution >= 4 is 11.9 Å². The van der Waals surface area contributed by atoms with Gasteiger partial charge in [0.2, 0.25) is 5.91 Å². The van der Waals surface area contributed by atoms with E-state index in [1.807, 2.05) is 27.7 Å². The molecule has 18 heavy (non-hydrogen) atoms. The van der Waals surface area contributed by atoms with Gasteiger partial charge in [-0.05, 0) is 33.1 Å². The van der Waals surface area contributed by atoms with Crippen LogP contribution in [0.2, 0.25) is 0 Å². The van der Waals surface area contributed by atoms with Gasteiger partial charge in [-0.3, -0.25) is 9.59 Å². The van der Waals surface area contributed by atoms with Crippen LogP contribution >= 0.6 is 0 Å². The largest absolute Gasteiger partial charge is 0.481 e. The number of hydrogen-bond donors (Lipinski definition) is 3. The van der Waals surface area contributed by atoms with Crippen molar-refractivity contribution in [1.29, 1.82) is 0 Å². The summed E-state index contributed by atoms with van der Waals surface area (Å²) in [5, 5.41) is 11.6. The molecule has 0 rings (SSSR count). The smallest absolute Gasteiger partial charge is 0.303 e. The van der Waals surface area contributed by atoms with E-state index in [2.05, 4.69) is 5.32 Å². The van der Waals surface area contributed by atoms with Crippen LogP contribution < -0.4 is 11.1 Å². The number of carbonyl (C=O) groups excluding carboxylic acids is 1. The molecule has 106 valence electrons. The normalized spacial score (nSPS) is 12.3. The Morgan fingerprint density at radius 1 is 1.22 bits per heavy atom. The molecular formula is C13H26N2O3. The lowest BCUT2D eigenvalue weighted by atomic mass is 9.80. The summed E-state index contributed by atoms with van der Waals surface area (Å²) in [6, 6.07) is 0. The van der Waals surface area contributed by atoms with Gasteiger partial charge in [-0.1, -0.05) is 13.8 Å². The fourth-order valence-corrected chi connectivity index (χ4v) is 1.87. The van der Waals surface area contributed by atoms with Gasteiger partial charge < -0.3 is 16.2 Å². The van der Waals surface area contributed by atoms with Crippen molar-refractivity contribution in [3.05, 3.63) is 0 Å². The van der Waals surface area contributed by atoms with Crippen LogP contribution in [0, 0.1) is 5.41 Å². The molecule has 0 spiro atoms. The molecule has 0 saturated heterocycles. The van der Waals surface area contributed by atoms with Crippen molar-refractivity contribution in [1.82, 2.24) is 5.32 Å². The summed E-state index contributed by atoms with van der Waals surface area (Å²) in [4.78, 5) is 22.8. The van der Waals surface area contributed by atoms with Crippen molar-refractivity contribution in [2.45, 2.75) is 58.9 Å². The van der Waals surface area contributed by atoms with E-state index in [0.717, 1.165) is 0 Å². The molecule has 0 aliphatic heterocycles. The van der Waals surface area contributed by atoms with Crippen LogP contribution in [-0.4, -0.2) is 29.1 Å². The third-order valence-electron chi connectivity index (χ3n) is 3.64. The molecule has 0 aliphatic carbocycles. The molecule has 1 amide bonds. The first-order valence-corrected chi connectivity index (χ1v) is 6.47. The molecule has 5 nitrogen and oxygen atoms in total. The van der Waals surface area contributed by atoms with Crippen LogP contribution in [0.1, 0.15) is 53.4 Å². The molecule has 0 heterocycles. The molecule has 0 atom stereocenters. The van der Waals surface area contributed by atoms with Gasteiger partial charge in [-0.15, -0.1) is 0 Å². The lowest BCUT2D eigenvalue weighted by Crippen LogP contribution is -2.53. The number of rotatable bonds is 8. The van der Waals surface area contributed by atoms with E-state index in [0.29, 0.717) is 25.8 Å². The molecule has 0 saturated carbocycles. The third kappa shape index (κ3) is 4.64. The number of carboxylic acids is 1. The Kier molecular flexibility index (Phi) is 6.32. The molecule has 0 bridgehead atoms. The quantitative estimate of drug-likeness (QED) is 0.615. The van der Waals surface area contributed by atoms with Crippen molar-refractivity contribution in [3.63, 3.8) is 0 Å². The summed E-state index contributed by atoms with van der Waals surface area (Å²) < 4.78 is 0. The Bertz CT molecular complexity index is 288. The van der Waals surface area contributed by atoms with E-state index in [1.165, 1.54) is 0 Å². The van der Waals surface area contributed by atoms with E-state index in [9.17, 15) is 9.59 Å². The summed E-state index contributed by atoms with van der Waals surface area (Å²) in [7, 11) is 0. The molecule has 0 unspecified atom stereocenters. The van der Waals surface area contributed by atoms with E-state index < -0.39 is 16.9 Å². The lowest BCUT2D eigenvalue weighted by molar-refractivity contribution is -0.138. The Labute approximate surface area is 109 Å². The van der Waals surface area contributed by atoms with Crippen LogP contribution in [0.5, 0.6) is 0 Å². The highest BCUT2D eigenvalue weighted by Crippen LogP contribution is 2.26. The van der Waals surface area contributed by atoms with Crippen LogP contribution in [0.25, 0.3) is 0 Å². The summed E-state index contributed by atoms with van der Waals surface area (Å²) in [6.45, 7) is 7.86. The van der Waals surface area contributed by atoms with Gasteiger partial charge in [0.1, 0.15) is 0 Å². The van der Waals surface area contributed by atoms with Gasteiger partial charge in [-0.25, -0.2) is 0 Å². The number of nitrogens with two attached hydrogens (primary N) is 1. The SMILES string of the molecule is CCC(CC)(CN)C(=O)NC(C)(C)CCC(=O)O. The highest BCUT2D eigenvalue weighted by Gasteiger charge is 2.36. The Balaban J connectivity index is 4.66. The van der Waals surface area contributed by atoms with Gasteiger partial charge in [0.05, 0.1) is 5.41 Å². The van der Waals surface area contributed by atoms with E-state index in [1.54, 1.807) is 0 Å². The topological polar surface area (TPSA) is 92.4 Å². The number of aliphatic carboxylic acids is 1. The molecule has 0 aromatic heterocycles. The minimum Gasteiger partial charge on any atom is -0.481 e. The van der Waals surface area contributed by atoms with Gasteiger partial charge in [0, 0.05) is 18.5 Å². The van der Waals surface area contributed by atoms with Crippen molar-refractivity contribution in [2.24, 2.45) is 11.1 Å². The predicted molar refractivity (Wildman–Crippen MR) is 71.2 cm³/mol. The second-order valence-corrected chi connectivity index (χ2v) is 5.42. The van der Waals surface area contributed by atoms with E-state index in [-0.39, 0.29) is 12.3 Å². The molecule has 5 heteroatoms.